The van der Waals surface area contributed by atoms with Crippen LogP contribution in [0.5, 0.6) is 0 Å². The van der Waals surface area contributed by atoms with Gasteiger partial charge in [0.15, 0.2) is 0 Å². The molecular formula is C20H20ClN3O3. The molecule has 27 heavy (non-hydrogen) atoms. The Morgan fingerprint density at radius 3 is 2.78 bits per heavy atom. The molecule has 0 unspecified atom stereocenters. The smallest absolute Gasteiger partial charge is 0.249 e. The van der Waals surface area contributed by atoms with Gasteiger partial charge in [-0.15, -0.1) is 0 Å². The molecule has 0 bridgehead atoms. The van der Waals surface area contributed by atoms with Gasteiger partial charge in [-0.25, -0.2) is 0 Å². The van der Waals surface area contributed by atoms with E-state index < -0.39 is 6.04 Å². The van der Waals surface area contributed by atoms with Crippen LogP contribution in [0.15, 0.2) is 53.1 Å². The molecule has 0 spiro atoms. The summed E-state index contributed by atoms with van der Waals surface area (Å²) >= 11 is 6.14. The molecule has 0 fully saturated rings. The molecule has 3 aromatic rings. The Morgan fingerprint density at radius 1 is 1.26 bits per heavy atom. The maximum Gasteiger partial charge on any atom is 0.249 e. The fourth-order valence-electron chi connectivity index (χ4n) is 2.44. The number of aromatic nitrogens is 2. The first-order chi connectivity index (χ1) is 13.0. The third-order valence-electron chi connectivity index (χ3n) is 3.96. The Bertz CT molecular complexity index is 912. The maximum absolute atomic E-state index is 12.0. The van der Waals surface area contributed by atoms with Gasteiger partial charge in [0.1, 0.15) is 12.6 Å². The number of nitrogens with zero attached hydrogens (tertiary/aromatic N) is 2. The molecule has 0 saturated carbocycles. The average Bonchev–Trinajstić information content (AvgIpc) is 3.15. The summed E-state index contributed by atoms with van der Waals surface area (Å²) in [6, 6.07) is 14.8. The number of carbonyl (C=O) groups excluding carboxylic acids is 1. The summed E-state index contributed by atoms with van der Waals surface area (Å²) < 4.78 is 10.7. The molecule has 1 amide bonds. The van der Waals surface area contributed by atoms with Gasteiger partial charge in [0, 0.05) is 10.6 Å². The number of carbonyl (C=O) groups is 1. The number of halogens is 1. The van der Waals surface area contributed by atoms with Crippen molar-refractivity contribution < 1.29 is 14.1 Å². The van der Waals surface area contributed by atoms with Gasteiger partial charge in [-0.3, -0.25) is 4.79 Å². The van der Waals surface area contributed by atoms with Crippen LogP contribution >= 0.6 is 11.6 Å². The lowest BCUT2D eigenvalue weighted by Gasteiger charge is -2.10. The number of hydrogen-bond acceptors (Lipinski definition) is 5. The number of benzene rings is 2. The topological polar surface area (TPSA) is 77.2 Å². The van der Waals surface area contributed by atoms with Crippen LogP contribution in [0.1, 0.15) is 30.0 Å². The molecule has 1 N–H and O–H groups in total. The largest absolute Gasteiger partial charge is 0.367 e. The predicted octanol–water partition coefficient (Wildman–Crippen LogP) is 4.09. The van der Waals surface area contributed by atoms with Gasteiger partial charge in [-0.1, -0.05) is 59.2 Å². The predicted molar refractivity (Wildman–Crippen MR) is 102 cm³/mol. The van der Waals surface area contributed by atoms with E-state index in [0.29, 0.717) is 23.3 Å². The van der Waals surface area contributed by atoms with Crippen LogP contribution < -0.4 is 5.32 Å². The summed E-state index contributed by atoms with van der Waals surface area (Å²) in [5.74, 6) is 0.489. The van der Waals surface area contributed by atoms with E-state index in [1.807, 2.05) is 49.4 Å². The van der Waals surface area contributed by atoms with Crippen molar-refractivity contribution in [1.29, 1.82) is 0 Å². The van der Waals surface area contributed by atoms with Crippen LogP contribution in [0, 0.1) is 6.92 Å². The van der Waals surface area contributed by atoms with Crippen molar-refractivity contribution in [2.24, 2.45) is 0 Å². The van der Waals surface area contributed by atoms with Crippen LogP contribution in [-0.4, -0.2) is 22.7 Å². The average molecular weight is 386 g/mol. The van der Waals surface area contributed by atoms with Gasteiger partial charge >= 0.3 is 0 Å². The number of aryl methyl sites for hydroxylation is 1. The van der Waals surface area contributed by atoms with Crippen molar-refractivity contribution in [1.82, 2.24) is 15.5 Å². The fraction of sp³-hybridized carbons (Fsp3) is 0.250. The summed E-state index contributed by atoms with van der Waals surface area (Å²) in [6.45, 7) is 4.02. The third kappa shape index (κ3) is 5.15. The van der Waals surface area contributed by atoms with E-state index >= 15 is 0 Å². The summed E-state index contributed by atoms with van der Waals surface area (Å²) in [5.41, 5.74) is 2.74. The molecule has 0 aliphatic carbocycles. The van der Waals surface area contributed by atoms with Crippen LogP contribution in [-0.2, 0) is 16.1 Å². The van der Waals surface area contributed by atoms with Crippen molar-refractivity contribution in [3.05, 3.63) is 70.6 Å². The summed E-state index contributed by atoms with van der Waals surface area (Å²) in [7, 11) is 0. The molecule has 0 saturated heterocycles. The molecule has 1 atom stereocenters. The molecular weight excluding hydrogens is 366 g/mol. The minimum absolute atomic E-state index is 0.0478. The van der Waals surface area contributed by atoms with Crippen molar-refractivity contribution >= 4 is 17.5 Å². The second-order valence-corrected chi connectivity index (χ2v) is 6.59. The zero-order valence-electron chi connectivity index (χ0n) is 15.1. The molecule has 2 aromatic carbocycles. The van der Waals surface area contributed by atoms with Crippen molar-refractivity contribution in [3.63, 3.8) is 0 Å². The van der Waals surface area contributed by atoms with Gasteiger partial charge in [0.05, 0.1) is 6.61 Å². The highest BCUT2D eigenvalue weighted by atomic mass is 35.5. The van der Waals surface area contributed by atoms with Crippen molar-refractivity contribution in [2.45, 2.75) is 26.5 Å². The Labute approximate surface area is 162 Å². The van der Waals surface area contributed by atoms with Gasteiger partial charge in [0.2, 0.25) is 17.6 Å². The third-order valence-corrected chi connectivity index (χ3v) is 4.37. The van der Waals surface area contributed by atoms with E-state index in [1.165, 1.54) is 0 Å². The summed E-state index contributed by atoms with van der Waals surface area (Å²) in [5, 5.41) is 7.38. The van der Waals surface area contributed by atoms with E-state index in [1.54, 1.807) is 13.0 Å². The minimum atomic E-state index is -0.431. The SMILES string of the molecule is Cc1ccc(-c2noc([C@@H](C)NC(=O)COCc3ccccc3)n2)cc1Cl. The molecule has 0 aliphatic rings. The quantitative estimate of drug-likeness (QED) is 0.662. The number of nitrogens with one attached hydrogen (secondary N) is 1. The monoisotopic (exact) mass is 385 g/mol. The Kier molecular flexibility index (Phi) is 6.21. The second kappa shape index (κ2) is 8.79. The lowest BCUT2D eigenvalue weighted by atomic mass is 10.1. The number of rotatable bonds is 7. The zero-order valence-corrected chi connectivity index (χ0v) is 15.9. The first-order valence-electron chi connectivity index (χ1n) is 8.54. The Balaban J connectivity index is 1.53. The van der Waals surface area contributed by atoms with Crippen molar-refractivity contribution in [2.75, 3.05) is 6.61 Å². The first-order valence-corrected chi connectivity index (χ1v) is 8.92. The van der Waals surface area contributed by atoms with Gasteiger partial charge < -0.3 is 14.6 Å². The number of amides is 1. The maximum atomic E-state index is 12.0. The Hall–Kier alpha value is -2.70. The highest BCUT2D eigenvalue weighted by Crippen LogP contribution is 2.24. The van der Waals surface area contributed by atoms with E-state index in [4.69, 9.17) is 20.9 Å². The number of hydrogen-bond donors (Lipinski definition) is 1. The van der Waals surface area contributed by atoms with Gasteiger partial charge in [0.25, 0.3) is 0 Å². The van der Waals surface area contributed by atoms with Gasteiger partial charge in [-0.05, 0) is 31.0 Å². The Morgan fingerprint density at radius 2 is 2.04 bits per heavy atom. The normalized spacial score (nSPS) is 12.0. The minimum Gasteiger partial charge on any atom is -0.367 e. The van der Waals surface area contributed by atoms with E-state index in [2.05, 4.69) is 15.5 Å². The van der Waals surface area contributed by atoms with E-state index in [9.17, 15) is 4.79 Å². The highest BCUT2D eigenvalue weighted by molar-refractivity contribution is 6.31. The second-order valence-electron chi connectivity index (χ2n) is 6.19. The first kappa shape index (κ1) is 19.1. The highest BCUT2D eigenvalue weighted by Gasteiger charge is 2.17. The molecule has 7 heteroatoms. The van der Waals surface area contributed by atoms with Gasteiger partial charge in [-0.2, -0.15) is 4.98 Å². The molecule has 1 aromatic heterocycles. The standard InChI is InChI=1S/C20H20ClN3O3/c1-13-8-9-16(10-17(13)21)19-23-20(27-24-19)14(2)22-18(25)12-26-11-15-6-4-3-5-7-15/h3-10,14H,11-12H2,1-2H3,(H,22,25)/t14-/m1/s1. The molecule has 1 heterocycles. The van der Waals surface area contributed by atoms with Crippen molar-refractivity contribution in [3.8, 4) is 11.4 Å². The van der Waals surface area contributed by atoms with E-state index in [-0.39, 0.29) is 12.5 Å². The van der Waals surface area contributed by atoms with Crippen LogP contribution in [0.2, 0.25) is 5.02 Å². The van der Waals surface area contributed by atoms with Crippen LogP contribution in [0.3, 0.4) is 0 Å². The molecule has 3 rings (SSSR count). The number of ether oxygens (including phenoxy) is 1. The summed E-state index contributed by atoms with van der Waals surface area (Å²) in [4.78, 5) is 16.4. The lowest BCUT2D eigenvalue weighted by Crippen LogP contribution is -2.30. The molecule has 140 valence electrons. The fourth-order valence-corrected chi connectivity index (χ4v) is 2.62. The lowest BCUT2D eigenvalue weighted by molar-refractivity contribution is -0.126. The molecule has 6 nitrogen and oxygen atoms in total. The van der Waals surface area contributed by atoms with E-state index in [0.717, 1.165) is 16.7 Å². The molecule has 0 radical (unpaired) electrons. The molecule has 0 aliphatic heterocycles. The summed E-state index contributed by atoms with van der Waals surface area (Å²) in [6.07, 6.45) is 0. The zero-order chi connectivity index (χ0) is 19.2. The van der Waals surface area contributed by atoms with Crippen LogP contribution in [0.25, 0.3) is 11.4 Å². The van der Waals surface area contributed by atoms with Crippen LogP contribution in [0.4, 0.5) is 0 Å².